The number of hydrogen-bond acceptors (Lipinski definition) is 1. The molecule has 0 fully saturated rings. The first kappa shape index (κ1) is 14.3. The van der Waals surface area contributed by atoms with Crippen molar-refractivity contribution in [2.75, 3.05) is 7.05 Å². The van der Waals surface area contributed by atoms with E-state index in [4.69, 9.17) is 0 Å². The Balaban J connectivity index is 2.09. The molecule has 0 N–H and O–H groups in total. The molecule has 0 aliphatic rings. The third kappa shape index (κ3) is 3.44. The van der Waals surface area contributed by atoms with Crippen molar-refractivity contribution in [3.05, 3.63) is 71.0 Å². The molecule has 0 atom stereocenters. The first-order valence-electron chi connectivity index (χ1n) is 6.69. The summed E-state index contributed by atoms with van der Waals surface area (Å²) in [5, 5.41) is 0. The second-order valence-corrected chi connectivity index (χ2v) is 4.84. The van der Waals surface area contributed by atoms with Crippen LogP contribution in [0.3, 0.4) is 0 Å². The summed E-state index contributed by atoms with van der Waals surface area (Å²) < 4.78 is 12.9. The lowest BCUT2D eigenvalue weighted by Crippen LogP contribution is -2.26. The lowest BCUT2D eigenvalue weighted by molar-refractivity contribution is 0.0785. The molecular formula is C17H18FNO. The SMILES string of the molecule is CCc1cccc(C(=O)N(C)Cc2ccc(F)cc2)c1. The average molecular weight is 271 g/mol. The highest BCUT2D eigenvalue weighted by Gasteiger charge is 2.12. The minimum absolute atomic E-state index is 0.0235. The van der Waals surface area contributed by atoms with Gasteiger partial charge in [-0.3, -0.25) is 4.79 Å². The third-order valence-electron chi connectivity index (χ3n) is 3.26. The van der Waals surface area contributed by atoms with E-state index in [2.05, 4.69) is 6.92 Å². The maximum Gasteiger partial charge on any atom is 0.253 e. The zero-order valence-electron chi connectivity index (χ0n) is 11.8. The van der Waals surface area contributed by atoms with Crippen LogP contribution in [0.2, 0.25) is 0 Å². The fourth-order valence-electron chi connectivity index (χ4n) is 2.08. The number of carbonyl (C=O) groups is 1. The van der Waals surface area contributed by atoms with Crippen LogP contribution in [0.25, 0.3) is 0 Å². The Morgan fingerprint density at radius 2 is 1.80 bits per heavy atom. The van der Waals surface area contributed by atoms with Gasteiger partial charge in [-0.2, -0.15) is 0 Å². The van der Waals surface area contributed by atoms with Gasteiger partial charge < -0.3 is 4.90 Å². The Morgan fingerprint density at radius 3 is 2.45 bits per heavy atom. The molecule has 0 saturated heterocycles. The van der Waals surface area contributed by atoms with Crippen molar-refractivity contribution in [3.8, 4) is 0 Å². The van der Waals surface area contributed by atoms with Gasteiger partial charge in [0.1, 0.15) is 5.82 Å². The van der Waals surface area contributed by atoms with Crippen LogP contribution < -0.4 is 0 Å². The van der Waals surface area contributed by atoms with Gasteiger partial charge in [0.2, 0.25) is 0 Å². The van der Waals surface area contributed by atoms with Crippen LogP contribution in [0.5, 0.6) is 0 Å². The van der Waals surface area contributed by atoms with Crippen molar-refractivity contribution >= 4 is 5.91 Å². The van der Waals surface area contributed by atoms with E-state index < -0.39 is 0 Å². The summed E-state index contributed by atoms with van der Waals surface area (Å²) in [6.07, 6.45) is 0.906. The molecule has 2 aromatic carbocycles. The first-order valence-corrected chi connectivity index (χ1v) is 6.69. The van der Waals surface area contributed by atoms with Crippen molar-refractivity contribution < 1.29 is 9.18 Å². The maximum absolute atomic E-state index is 12.9. The largest absolute Gasteiger partial charge is 0.337 e. The van der Waals surface area contributed by atoms with Crippen molar-refractivity contribution in [2.45, 2.75) is 19.9 Å². The van der Waals surface area contributed by atoms with E-state index in [1.807, 2.05) is 24.3 Å². The molecule has 20 heavy (non-hydrogen) atoms. The van der Waals surface area contributed by atoms with Gasteiger partial charge in [-0.25, -0.2) is 4.39 Å². The van der Waals surface area contributed by atoms with E-state index in [0.29, 0.717) is 12.1 Å². The second-order valence-electron chi connectivity index (χ2n) is 4.84. The Morgan fingerprint density at radius 1 is 1.10 bits per heavy atom. The molecule has 0 radical (unpaired) electrons. The van der Waals surface area contributed by atoms with Gasteiger partial charge in [-0.1, -0.05) is 31.2 Å². The zero-order valence-corrected chi connectivity index (χ0v) is 11.8. The van der Waals surface area contributed by atoms with E-state index in [-0.39, 0.29) is 11.7 Å². The van der Waals surface area contributed by atoms with Crippen LogP contribution in [0, 0.1) is 5.82 Å². The summed E-state index contributed by atoms with van der Waals surface area (Å²) in [6.45, 7) is 2.53. The van der Waals surface area contributed by atoms with Crippen molar-refractivity contribution in [1.29, 1.82) is 0 Å². The van der Waals surface area contributed by atoms with E-state index in [0.717, 1.165) is 17.5 Å². The molecule has 2 aromatic rings. The van der Waals surface area contributed by atoms with Gasteiger partial charge in [-0.15, -0.1) is 0 Å². The molecule has 104 valence electrons. The topological polar surface area (TPSA) is 20.3 Å². The number of hydrogen-bond donors (Lipinski definition) is 0. The average Bonchev–Trinajstić information content (AvgIpc) is 2.48. The highest BCUT2D eigenvalue weighted by Crippen LogP contribution is 2.11. The molecule has 0 aliphatic heterocycles. The summed E-state index contributed by atoms with van der Waals surface area (Å²) in [7, 11) is 1.75. The summed E-state index contributed by atoms with van der Waals surface area (Å²) in [5.41, 5.74) is 2.74. The van der Waals surface area contributed by atoms with Crippen LogP contribution >= 0.6 is 0 Å². The van der Waals surface area contributed by atoms with Gasteiger partial charge >= 0.3 is 0 Å². The number of halogens is 1. The zero-order chi connectivity index (χ0) is 14.5. The van der Waals surface area contributed by atoms with Gasteiger partial charge in [0, 0.05) is 19.2 Å². The fraction of sp³-hybridized carbons (Fsp3) is 0.235. The Kier molecular flexibility index (Phi) is 4.51. The van der Waals surface area contributed by atoms with E-state index in [1.54, 1.807) is 24.1 Å². The van der Waals surface area contributed by atoms with Gasteiger partial charge in [0.05, 0.1) is 0 Å². The Bertz CT molecular complexity index is 592. The highest BCUT2D eigenvalue weighted by atomic mass is 19.1. The van der Waals surface area contributed by atoms with Crippen LogP contribution in [0.15, 0.2) is 48.5 Å². The molecular weight excluding hydrogens is 253 g/mol. The molecule has 0 bridgehead atoms. The number of amides is 1. The quantitative estimate of drug-likeness (QED) is 0.831. The first-order chi connectivity index (χ1) is 9.60. The minimum atomic E-state index is -0.265. The summed E-state index contributed by atoms with van der Waals surface area (Å²) >= 11 is 0. The minimum Gasteiger partial charge on any atom is -0.337 e. The highest BCUT2D eigenvalue weighted by molar-refractivity contribution is 5.94. The lowest BCUT2D eigenvalue weighted by Gasteiger charge is -2.17. The standard InChI is InChI=1S/C17H18FNO/c1-3-13-5-4-6-15(11-13)17(20)19(2)12-14-7-9-16(18)10-8-14/h4-11H,3,12H2,1-2H3. The van der Waals surface area contributed by atoms with E-state index in [1.165, 1.54) is 12.1 Å². The predicted molar refractivity (Wildman–Crippen MR) is 78.0 cm³/mol. The molecule has 0 aliphatic carbocycles. The molecule has 3 heteroatoms. The Labute approximate surface area is 118 Å². The summed E-state index contributed by atoms with van der Waals surface area (Å²) in [6, 6.07) is 13.9. The van der Waals surface area contributed by atoms with Gasteiger partial charge in [-0.05, 0) is 41.8 Å². The maximum atomic E-state index is 12.9. The normalized spacial score (nSPS) is 10.3. The number of aryl methyl sites for hydroxylation is 1. The van der Waals surface area contributed by atoms with Crippen molar-refractivity contribution in [3.63, 3.8) is 0 Å². The number of rotatable bonds is 4. The molecule has 0 heterocycles. The lowest BCUT2D eigenvalue weighted by atomic mass is 10.1. The predicted octanol–water partition coefficient (Wildman–Crippen LogP) is 3.66. The van der Waals surface area contributed by atoms with Crippen molar-refractivity contribution in [2.24, 2.45) is 0 Å². The smallest absolute Gasteiger partial charge is 0.253 e. The molecule has 2 rings (SSSR count). The van der Waals surface area contributed by atoms with Crippen LogP contribution in [-0.4, -0.2) is 17.9 Å². The fourth-order valence-corrected chi connectivity index (χ4v) is 2.08. The molecule has 0 spiro atoms. The van der Waals surface area contributed by atoms with Crippen LogP contribution in [0.4, 0.5) is 4.39 Å². The summed E-state index contributed by atoms with van der Waals surface area (Å²) in [4.78, 5) is 14.0. The van der Waals surface area contributed by atoms with Crippen LogP contribution in [-0.2, 0) is 13.0 Å². The molecule has 2 nitrogen and oxygen atoms in total. The van der Waals surface area contributed by atoms with E-state index >= 15 is 0 Å². The molecule has 0 unspecified atom stereocenters. The number of carbonyl (C=O) groups excluding carboxylic acids is 1. The monoisotopic (exact) mass is 271 g/mol. The molecule has 0 saturated carbocycles. The van der Waals surface area contributed by atoms with Gasteiger partial charge in [0.15, 0.2) is 0 Å². The van der Waals surface area contributed by atoms with Gasteiger partial charge in [0.25, 0.3) is 5.91 Å². The molecule has 0 aromatic heterocycles. The van der Waals surface area contributed by atoms with Crippen molar-refractivity contribution in [1.82, 2.24) is 4.90 Å². The number of nitrogens with zero attached hydrogens (tertiary/aromatic N) is 1. The van der Waals surface area contributed by atoms with Crippen LogP contribution in [0.1, 0.15) is 28.4 Å². The summed E-state index contributed by atoms with van der Waals surface area (Å²) in [5.74, 6) is -0.289. The number of benzene rings is 2. The third-order valence-corrected chi connectivity index (χ3v) is 3.26. The van der Waals surface area contributed by atoms with E-state index in [9.17, 15) is 9.18 Å². The second kappa shape index (κ2) is 6.33. The molecule has 1 amide bonds. The Hall–Kier alpha value is -2.16.